The minimum atomic E-state index is -1.22. The van der Waals surface area contributed by atoms with Crippen LogP contribution in [0.1, 0.15) is 16.7 Å². The topological polar surface area (TPSA) is 70.3 Å². The summed E-state index contributed by atoms with van der Waals surface area (Å²) in [6.45, 7) is 3.69. The first-order valence-corrected chi connectivity index (χ1v) is 5.00. The molecule has 17 heavy (non-hydrogen) atoms. The number of carboxylic acid groups (broad SMARTS) is 1. The number of hydrogen-bond acceptors (Lipinski definition) is 3. The zero-order valence-electron chi connectivity index (χ0n) is 9.94. The third-order valence-electron chi connectivity index (χ3n) is 2.44. The van der Waals surface area contributed by atoms with Gasteiger partial charge in [-0.3, -0.25) is 0 Å². The zero-order chi connectivity index (χ0) is 13.0. The second-order valence-electron chi connectivity index (χ2n) is 3.65. The summed E-state index contributed by atoms with van der Waals surface area (Å²) in [4.78, 5) is 10.8. The average molecular weight is 231 g/mol. The molecule has 88 valence electrons. The predicted molar refractivity (Wildman–Crippen MR) is 63.7 cm³/mol. The molecule has 0 saturated heterocycles. The van der Waals surface area contributed by atoms with Crippen LogP contribution >= 0.6 is 0 Å². The van der Waals surface area contributed by atoms with Gasteiger partial charge in [-0.25, -0.2) is 4.79 Å². The Bertz CT molecular complexity index is 501. The fourth-order valence-corrected chi connectivity index (χ4v) is 1.57. The highest BCUT2D eigenvalue weighted by Gasteiger charge is 2.09. The molecule has 0 heterocycles. The van der Waals surface area contributed by atoms with Crippen molar-refractivity contribution in [2.75, 3.05) is 7.11 Å². The standard InChI is InChI=1S/C13H13NO3/c1-8-4-11(17-3)5-9(2)12(8)6-10(7-14)13(15)16/h4-6H,1-3H3,(H,15,16)/b10-6+. The summed E-state index contributed by atoms with van der Waals surface area (Å²) in [6, 6.07) is 5.27. The van der Waals surface area contributed by atoms with Crippen molar-refractivity contribution in [1.82, 2.24) is 0 Å². The molecule has 0 saturated carbocycles. The molecule has 1 N–H and O–H groups in total. The van der Waals surface area contributed by atoms with Crippen LogP contribution in [0.4, 0.5) is 0 Å². The number of rotatable bonds is 3. The molecule has 0 aliphatic rings. The van der Waals surface area contributed by atoms with Gasteiger partial charge < -0.3 is 9.84 Å². The van der Waals surface area contributed by atoms with E-state index in [4.69, 9.17) is 15.1 Å². The molecule has 4 nitrogen and oxygen atoms in total. The average Bonchev–Trinajstić information content (AvgIpc) is 2.27. The van der Waals surface area contributed by atoms with Crippen LogP contribution in [0.3, 0.4) is 0 Å². The van der Waals surface area contributed by atoms with Gasteiger partial charge in [-0.15, -0.1) is 0 Å². The smallest absolute Gasteiger partial charge is 0.346 e. The van der Waals surface area contributed by atoms with Crippen LogP contribution in [0.2, 0.25) is 0 Å². The molecule has 0 radical (unpaired) electrons. The molecule has 0 aliphatic heterocycles. The summed E-state index contributed by atoms with van der Waals surface area (Å²) >= 11 is 0. The first-order chi connectivity index (χ1) is 7.99. The maximum absolute atomic E-state index is 10.8. The number of methoxy groups -OCH3 is 1. The van der Waals surface area contributed by atoms with E-state index in [0.29, 0.717) is 5.75 Å². The van der Waals surface area contributed by atoms with E-state index in [1.807, 2.05) is 13.8 Å². The van der Waals surface area contributed by atoms with E-state index in [1.165, 1.54) is 6.08 Å². The zero-order valence-corrected chi connectivity index (χ0v) is 9.94. The molecule has 1 aromatic carbocycles. The summed E-state index contributed by atoms with van der Waals surface area (Å²) in [6.07, 6.45) is 1.38. The predicted octanol–water partition coefficient (Wildman–Crippen LogP) is 2.30. The first-order valence-electron chi connectivity index (χ1n) is 5.00. The van der Waals surface area contributed by atoms with Crippen molar-refractivity contribution in [3.05, 3.63) is 34.4 Å². The van der Waals surface area contributed by atoms with Gasteiger partial charge in [0.15, 0.2) is 0 Å². The number of aryl methyl sites for hydroxylation is 2. The van der Waals surface area contributed by atoms with Gasteiger partial charge in [0.1, 0.15) is 17.4 Å². The lowest BCUT2D eigenvalue weighted by Gasteiger charge is -2.08. The molecule has 0 aliphatic carbocycles. The molecule has 0 fully saturated rings. The number of ether oxygens (including phenoxy) is 1. The normalized spacial score (nSPS) is 10.8. The molecule has 0 aromatic heterocycles. The summed E-state index contributed by atoms with van der Waals surface area (Å²) in [7, 11) is 1.57. The van der Waals surface area contributed by atoms with Crippen LogP contribution in [-0.2, 0) is 4.79 Å². The van der Waals surface area contributed by atoms with Gasteiger partial charge >= 0.3 is 5.97 Å². The van der Waals surface area contributed by atoms with Crippen molar-refractivity contribution in [1.29, 1.82) is 5.26 Å². The monoisotopic (exact) mass is 231 g/mol. The molecule has 0 bridgehead atoms. The highest BCUT2D eigenvalue weighted by atomic mass is 16.5. The Labute approximate surface area is 99.8 Å². The minimum Gasteiger partial charge on any atom is -0.497 e. The first kappa shape index (κ1) is 12.8. The van der Waals surface area contributed by atoms with Crippen molar-refractivity contribution < 1.29 is 14.6 Å². The molecule has 0 unspecified atom stereocenters. The largest absolute Gasteiger partial charge is 0.497 e. The second kappa shape index (κ2) is 5.17. The number of carbonyl (C=O) groups is 1. The van der Waals surface area contributed by atoms with Crippen molar-refractivity contribution in [3.63, 3.8) is 0 Å². The SMILES string of the molecule is COc1cc(C)c(/C=C(\C#N)C(=O)O)c(C)c1. The van der Waals surface area contributed by atoms with Crippen molar-refractivity contribution in [2.45, 2.75) is 13.8 Å². The highest BCUT2D eigenvalue weighted by molar-refractivity contribution is 5.96. The quantitative estimate of drug-likeness (QED) is 0.640. The number of hydrogen-bond donors (Lipinski definition) is 1. The molecule has 4 heteroatoms. The van der Waals surface area contributed by atoms with Crippen molar-refractivity contribution in [3.8, 4) is 11.8 Å². The second-order valence-corrected chi connectivity index (χ2v) is 3.65. The number of carboxylic acids is 1. The Balaban J connectivity index is 3.34. The number of nitriles is 1. The van der Waals surface area contributed by atoms with E-state index in [9.17, 15) is 4.79 Å². The Morgan fingerprint density at radius 2 is 1.94 bits per heavy atom. The Kier molecular flexibility index (Phi) is 3.89. The number of benzene rings is 1. The van der Waals surface area contributed by atoms with Gasteiger partial charge in [0.2, 0.25) is 0 Å². The van der Waals surface area contributed by atoms with E-state index in [1.54, 1.807) is 25.3 Å². The Morgan fingerprint density at radius 1 is 1.41 bits per heavy atom. The summed E-state index contributed by atoms with van der Waals surface area (Å²) in [5.74, 6) is -0.506. The fraction of sp³-hybridized carbons (Fsp3) is 0.231. The van der Waals surface area contributed by atoms with E-state index in [0.717, 1.165) is 16.7 Å². The molecule has 0 amide bonds. The number of aliphatic carboxylic acids is 1. The molecule has 0 spiro atoms. The molecule has 1 rings (SSSR count). The minimum absolute atomic E-state index is 0.277. The van der Waals surface area contributed by atoms with Crippen LogP contribution in [0, 0.1) is 25.2 Å². The maximum Gasteiger partial charge on any atom is 0.346 e. The van der Waals surface area contributed by atoms with Crippen LogP contribution in [0.25, 0.3) is 6.08 Å². The van der Waals surface area contributed by atoms with Crippen LogP contribution in [0.5, 0.6) is 5.75 Å². The summed E-state index contributed by atoms with van der Waals surface area (Å²) in [5, 5.41) is 17.5. The van der Waals surface area contributed by atoms with E-state index >= 15 is 0 Å². The van der Waals surface area contributed by atoms with Gasteiger partial charge in [-0.05, 0) is 48.7 Å². The van der Waals surface area contributed by atoms with Crippen LogP contribution < -0.4 is 4.74 Å². The lowest BCUT2D eigenvalue weighted by atomic mass is 10.00. The van der Waals surface area contributed by atoms with Gasteiger partial charge in [-0.1, -0.05) is 0 Å². The molecule has 1 aromatic rings. The molecule has 0 atom stereocenters. The summed E-state index contributed by atoms with van der Waals surface area (Å²) < 4.78 is 5.11. The lowest BCUT2D eigenvalue weighted by Crippen LogP contribution is -1.99. The highest BCUT2D eigenvalue weighted by Crippen LogP contribution is 2.23. The lowest BCUT2D eigenvalue weighted by molar-refractivity contribution is -0.132. The summed E-state index contributed by atoms with van der Waals surface area (Å²) in [5.41, 5.74) is 2.21. The van der Waals surface area contributed by atoms with E-state index < -0.39 is 5.97 Å². The maximum atomic E-state index is 10.8. The van der Waals surface area contributed by atoms with E-state index in [-0.39, 0.29) is 5.57 Å². The van der Waals surface area contributed by atoms with Gasteiger partial charge in [0.25, 0.3) is 0 Å². The third kappa shape index (κ3) is 2.85. The van der Waals surface area contributed by atoms with Crippen LogP contribution in [-0.4, -0.2) is 18.2 Å². The van der Waals surface area contributed by atoms with Crippen molar-refractivity contribution in [2.24, 2.45) is 0 Å². The van der Waals surface area contributed by atoms with E-state index in [2.05, 4.69) is 0 Å². The fourth-order valence-electron chi connectivity index (χ4n) is 1.57. The van der Waals surface area contributed by atoms with Gasteiger partial charge in [0.05, 0.1) is 7.11 Å². The van der Waals surface area contributed by atoms with Crippen LogP contribution in [0.15, 0.2) is 17.7 Å². The van der Waals surface area contributed by atoms with Gasteiger partial charge in [-0.2, -0.15) is 5.26 Å². The Hall–Kier alpha value is -2.28. The Morgan fingerprint density at radius 3 is 2.29 bits per heavy atom. The molecular weight excluding hydrogens is 218 g/mol. The molecular formula is C13H13NO3. The number of nitrogens with zero attached hydrogens (tertiary/aromatic N) is 1. The van der Waals surface area contributed by atoms with Crippen molar-refractivity contribution >= 4 is 12.0 Å². The van der Waals surface area contributed by atoms with Gasteiger partial charge in [0, 0.05) is 0 Å². The third-order valence-corrected chi connectivity index (χ3v) is 2.44.